The second kappa shape index (κ2) is 21.4. The summed E-state index contributed by atoms with van der Waals surface area (Å²) in [5.74, 6) is 2.66. The molecule has 0 spiro atoms. The van der Waals surface area contributed by atoms with Gasteiger partial charge in [-0.15, -0.1) is 0 Å². The second-order valence-electron chi connectivity index (χ2n) is 21.6. The maximum atomic E-state index is 2.49. The van der Waals surface area contributed by atoms with E-state index < -0.39 is 0 Å². The fourth-order valence-electron chi connectivity index (χ4n) is 13.1. The van der Waals surface area contributed by atoms with E-state index in [0.717, 1.165) is 0 Å². The lowest BCUT2D eigenvalue weighted by atomic mass is 9.93. The molecule has 72 heavy (non-hydrogen) atoms. The van der Waals surface area contributed by atoms with Gasteiger partial charge < -0.3 is 9.80 Å². The predicted octanol–water partition coefficient (Wildman–Crippen LogP) is 20.5. The number of hydrogen-bond acceptors (Lipinski definition) is 2. The molecule has 360 valence electrons. The molecule has 0 heterocycles. The molecule has 2 heteroatoms. The molecule has 0 aromatic heterocycles. The second-order valence-corrected chi connectivity index (χ2v) is 21.6. The van der Waals surface area contributed by atoms with E-state index in [0.29, 0.717) is 23.7 Å². The molecule has 0 unspecified atom stereocenters. The van der Waals surface area contributed by atoms with Crippen LogP contribution in [0.4, 0.5) is 34.1 Å². The smallest absolute Gasteiger partial charge is 0.0464 e. The van der Waals surface area contributed by atoms with Crippen LogP contribution in [0.3, 0.4) is 0 Å². The van der Waals surface area contributed by atoms with Crippen molar-refractivity contribution in [3.05, 3.63) is 239 Å². The van der Waals surface area contributed by atoms with E-state index in [2.05, 4.69) is 216 Å². The summed E-state index contributed by atoms with van der Waals surface area (Å²) < 4.78 is 0. The van der Waals surface area contributed by atoms with Crippen molar-refractivity contribution in [3.8, 4) is 11.1 Å². The van der Waals surface area contributed by atoms with Gasteiger partial charge in [0, 0.05) is 34.1 Å². The van der Waals surface area contributed by atoms with Crippen LogP contribution in [0.2, 0.25) is 0 Å². The van der Waals surface area contributed by atoms with Crippen LogP contribution in [-0.4, -0.2) is 0 Å². The SMILES string of the molecule is C(=C(/c1ccccc1)c1ccc(-c2ccc(N(c3cccc(C4CCCC4)c3)c3cccc(C4CCCC4)c3)cc2)cc1)/c1ccc(N(c2cccc(C3CCCC3)c2)c2cccc(C3CCCC3)c2)cc1. The number of rotatable bonds is 14. The highest BCUT2D eigenvalue weighted by atomic mass is 15.1. The van der Waals surface area contributed by atoms with Crippen molar-refractivity contribution in [1.29, 1.82) is 0 Å². The Bertz CT molecular complexity index is 2970. The summed E-state index contributed by atoms with van der Waals surface area (Å²) in [6, 6.07) is 76.3. The molecule has 4 fully saturated rings. The van der Waals surface area contributed by atoms with Crippen LogP contribution in [0.5, 0.6) is 0 Å². The number of hydrogen-bond donors (Lipinski definition) is 0. The third-order valence-electron chi connectivity index (χ3n) is 17.0. The van der Waals surface area contributed by atoms with E-state index in [9.17, 15) is 0 Å². The Hall–Kier alpha value is -6.90. The normalized spacial score (nSPS) is 17.0. The van der Waals surface area contributed by atoms with Crippen LogP contribution in [0.25, 0.3) is 22.8 Å². The van der Waals surface area contributed by atoms with Gasteiger partial charge in [0.1, 0.15) is 0 Å². The topological polar surface area (TPSA) is 6.48 Å². The van der Waals surface area contributed by atoms with Gasteiger partial charge >= 0.3 is 0 Å². The lowest BCUT2D eigenvalue weighted by Gasteiger charge is -2.27. The molecular formula is C70H70N2. The monoisotopic (exact) mass is 939 g/mol. The average molecular weight is 939 g/mol. The van der Waals surface area contributed by atoms with E-state index >= 15 is 0 Å². The van der Waals surface area contributed by atoms with Crippen LogP contribution in [0.1, 0.15) is 165 Å². The molecule has 12 rings (SSSR count). The Labute approximate surface area is 430 Å². The van der Waals surface area contributed by atoms with Gasteiger partial charge in [-0.05, 0) is 210 Å². The minimum Gasteiger partial charge on any atom is -0.310 e. The Morgan fingerprint density at radius 2 is 0.611 bits per heavy atom. The highest BCUT2D eigenvalue weighted by Gasteiger charge is 2.24. The number of benzene rings is 8. The van der Waals surface area contributed by atoms with Crippen molar-refractivity contribution in [3.63, 3.8) is 0 Å². The third-order valence-corrected chi connectivity index (χ3v) is 17.0. The molecule has 0 saturated heterocycles. The lowest BCUT2D eigenvalue weighted by molar-refractivity contribution is 0.722. The van der Waals surface area contributed by atoms with Crippen LogP contribution < -0.4 is 9.80 Å². The minimum atomic E-state index is 0.662. The Kier molecular flexibility index (Phi) is 13.8. The van der Waals surface area contributed by atoms with E-state index in [-0.39, 0.29) is 0 Å². The van der Waals surface area contributed by atoms with E-state index in [4.69, 9.17) is 0 Å². The first-order valence-electron chi connectivity index (χ1n) is 27.7. The first kappa shape index (κ1) is 46.2. The predicted molar refractivity (Wildman–Crippen MR) is 306 cm³/mol. The first-order chi connectivity index (χ1) is 35.7. The summed E-state index contributed by atoms with van der Waals surface area (Å²) in [5.41, 5.74) is 20.6. The zero-order valence-electron chi connectivity index (χ0n) is 42.1. The molecule has 0 amide bonds. The van der Waals surface area contributed by atoms with E-state index in [1.807, 2.05) is 0 Å². The Balaban J connectivity index is 0.841. The summed E-state index contributed by atoms with van der Waals surface area (Å²) in [6.45, 7) is 0. The van der Waals surface area contributed by atoms with E-state index in [1.165, 1.54) is 193 Å². The molecule has 0 atom stereocenters. The van der Waals surface area contributed by atoms with Gasteiger partial charge in [-0.25, -0.2) is 0 Å². The third kappa shape index (κ3) is 10.1. The quantitative estimate of drug-likeness (QED) is 0.100. The van der Waals surface area contributed by atoms with Gasteiger partial charge in [-0.2, -0.15) is 0 Å². The number of anilines is 6. The van der Waals surface area contributed by atoms with Crippen LogP contribution in [-0.2, 0) is 0 Å². The van der Waals surface area contributed by atoms with Crippen LogP contribution >= 0.6 is 0 Å². The largest absolute Gasteiger partial charge is 0.310 e. The summed E-state index contributed by atoms with van der Waals surface area (Å²) in [7, 11) is 0. The maximum absolute atomic E-state index is 2.49. The fraction of sp³-hybridized carbons (Fsp3) is 0.286. The van der Waals surface area contributed by atoms with Crippen molar-refractivity contribution in [1.82, 2.24) is 0 Å². The van der Waals surface area contributed by atoms with Gasteiger partial charge in [0.2, 0.25) is 0 Å². The fourth-order valence-corrected chi connectivity index (χ4v) is 13.1. The molecule has 0 radical (unpaired) electrons. The average Bonchev–Trinajstić information content (AvgIpc) is 4.32. The molecule has 8 aromatic rings. The van der Waals surface area contributed by atoms with E-state index in [1.54, 1.807) is 0 Å². The van der Waals surface area contributed by atoms with Gasteiger partial charge in [-0.3, -0.25) is 0 Å². The Morgan fingerprint density at radius 1 is 0.292 bits per heavy atom. The minimum absolute atomic E-state index is 0.662. The van der Waals surface area contributed by atoms with Crippen molar-refractivity contribution in [2.24, 2.45) is 0 Å². The summed E-state index contributed by atoms with van der Waals surface area (Å²) >= 11 is 0. The molecule has 8 aromatic carbocycles. The van der Waals surface area contributed by atoms with Gasteiger partial charge in [0.15, 0.2) is 0 Å². The summed E-state index contributed by atoms with van der Waals surface area (Å²) in [4.78, 5) is 4.99. The van der Waals surface area contributed by atoms with Crippen molar-refractivity contribution in [2.75, 3.05) is 9.80 Å². The Morgan fingerprint density at radius 3 is 0.972 bits per heavy atom. The summed E-state index contributed by atoms with van der Waals surface area (Å²) in [5, 5.41) is 0. The molecule has 0 bridgehead atoms. The molecule has 4 aliphatic rings. The zero-order valence-corrected chi connectivity index (χ0v) is 42.1. The maximum Gasteiger partial charge on any atom is 0.0464 e. The standard InChI is InChI=1S/C70H70N2/c1-2-24-58(25-3-1)70(46-51-34-42-64(43-35-51)71(66-30-12-26-60(47-66)52-16-4-5-17-52)67-31-13-27-61(48-67)53-18-6-7-19-53)59-38-36-56(37-39-59)57-40-44-65(45-41-57)72(68-32-14-28-62(49-68)54-20-8-9-21-54)69-33-15-29-63(50-69)55-22-10-11-23-55/h1-3,12-15,24-50,52-55H,4-11,16-23H2/b70-46+. The van der Waals surface area contributed by atoms with Crippen LogP contribution in [0.15, 0.2) is 200 Å². The first-order valence-corrected chi connectivity index (χ1v) is 27.7. The number of nitrogens with zero attached hydrogens (tertiary/aromatic N) is 2. The molecule has 0 N–H and O–H groups in total. The zero-order chi connectivity index (χ0) is 48.1. The van der Waals surface area contributed by atoms with Gasteiger partial charge in [-0.1, -0.05) is 179 Å². The molecule has 4 aliphatic carbocycles. The highest BCUT2D eigenvalue weighted by Crippen LogP contribution is 2.45. The molecular weight excluding hydrogens is 869 g/mol. The highest BCUT2D eigenvalue weighted by molar-refractivity contribution is 5.92. The lowest BCUT2D eigenvalue weighted by Crippen LogP contribution is -2.11. The molecule has 4 saturated carbocycles. The van der Waals surface area contributed by atoms with Crippen molar-refractivity contribution < 1.29 is 0 Å². The van der Waals surface area contributed by atoms with Crippen LogP contribution in [0, 0.1) is 0 Å². The van der Waals surface area contributed by atoms with Gasteiger partial charge in [0.05, 0.1) is 0 Å². The van der Waals surface area contributed by atoms with Gasteiger partial charge in [0.25, 0.3) is 0 Å². The summed E-state index contributed by atoms with van der Waals surface area (Å²) in [6.07, 6.45) is 23.5. The molecule has 2 nitrogen and oxygen atoms in total. The van der Waals surface area contributed by atoms with Crippen molar-refractivity contribution in [2.45, 2.75) is 126 Å². The molecule has 0 aliphatic heterocycles. The van der Waals surface area contributed by atoms with Crippen molar-refractivity contribution >= 4 is 45.8 Å².